The molecule has 0 aliphatic carbocycles. The molecule has 1 aromatic rings. The highest BCUT2D eigenvalue weighted by Gasteiger charge is 2.18. The van der Waals surface area contributed by atoms with E-state index in [1.54, 1.807) is 6.07 Å². The Hall–Kier alpha value is -0.630. The number of phenols is 1. The van der Waals surface area contributed by atoms with Gasteiger partial charge in [0.15, 0.2) is 0 Å². The van der Waals surface area contributed by atoms with Crippen LogP contribution in [0, 0.1) is 5.92 Å². The summed E-state index contributed by atoms with van der Waals surface area (Å²) in [6.45, 7) is 2.24. The highest BCUT2D eigenvalue weighted by molar-refractivity contribution is 7.99. The lowest BCUT2D eigenvalue weighted by Crippen LogP contribution is -2.12. The summed E-state index contributed by atoms with van der Waals surface area (Å²) in [5.74, 6) is 2.45. The summed E-state index contributed by atoms with van der Waals surface area (Å²) in [7, 11) is 0. The standard InChI is InChI=1S/C12H16OS/c1-2-3-9-6-10-7-11(13)4-5-12(10)14-8-9/h4-5,7,9,13H,2-3,6,8H2,1H3. The normalized spacial score (nSPS) is 20.5. The monoisotopic (exact) mass is 208 g/mol. The van der Waals surface area contributed by atoms with E-state index < -0.39 is 0 Å². The molecular formula is C12H16OS. The van der Waals surface area contributed by atoms with Crippen molar-refractivity contribution in [3.8, 4) is 5.75 Å². The van der Waals surface area contributed by atoms with Crippen LogP contribution in [0.2, 0.25) is 0 Å². The fourth-order valence-electron chi connectivity index (χ4n) is 2.04. The molecule has 1 aliphatic heterocycles. The Balaban J connectivity index is 2.16. The summed E-state index contributed by atoms with van der Waals surface area (Å²) >= 11 is 1.93. The zero-order valence-corrected chi connectivity index (χ0v) is 9.31. The molecule has 14 heavy (non-hydrogen) atoms. The molecule has 0 fully saturated rings. The Kier molecular flexibility index (Phi) is 3.02. The number of hydrogen-bond donors (Lipinski definition) is 1. The van der Waals surface area contributed by atoms with Crippen LogP contribution in [0.3, 0.4) is 0 Å². The second-order valence-electron chi connectivity index (χ2n) is 3.96. The highest BCUT2D eigenvalue weighted by Crippen LogP contribution is 2.36. The van der Waals surface area contributed by atoms with Gasteiger partial charge in [-0.15, -0.1) is 11.8 Å². The van der Waals surface area contributed by atoms with Gasteiger partial charge in [0.05, 0.1) is 0 Å². The van der Waals surface area contributed by atoms with E-state index in [9.17, 15) is 5.11 Å². The van der Waals surface area contributed by atoms with Crippen LogP contribution in [0.1, 0.15) is 25.3 Å². The molecule has 0 saturated carbocycles. The molecule has 1 aliphatic rings. The first-order chi connectivity index (χ1) is 6.79. The van der Waals surface area contributed by atoms with Crippen LogP contribution in [0.25, 0.3) is 0 Å². The smallest absolute Gasteiger partial charge is 0.115 e. The molecule has 0 bridgehead atoms. The van der Waals surface area contributed by atoms with Gasteiger partial charge in [0.1, 0.15) is 5.75 Å². The SMILES string of the molecule is CCCC1CSc2ccc(O)cc2C1. The van der Waals surface area contributed by atoms with E-state index in [0.29, 0.717) is 5.75 Å². The number of phenolic OH excluding ortho intramolecular Hbond substituents is 1. The summed E-state index contributed by atoms with van der Waals surface area (Å²) in [6, 6.07) is 5.74. The summed E-state index contributed by atoms with van der Waals surface area (Å²) in [4.78, 5) is 1.36. The van der Waals surface area contributed by atoms with Gasteiger partial charge in [0.2, 0.25) is 0 Å². The molecule has 0 amide bonds. The molecule has 1 heterocycles. The predicted molar refractivity (Wildman–Crippen MR) is 60.9 cm³/mol. The van der Waals surface area contributed by atoms with Crippen molar-refractivity contribution < 1.29 is 5.11 Å². The average Bonchev–Trinajstić information content (AvgIpc) is 2.17. The third-order valence-corrected chi connectivity index (χ3v) is 4.07. The molecule has 0 radical (unpaired) electrons. The first-order valence-electron chi connectivity index (χ1n) is 5.24. The second-order valence-corrected chi connectivity index (χ2v) is 5.02. The Morgan fingerprint density at radius 1 is 1.50 bits per heavy atom. The Morgan fingerprint density at radius 2 is 2.36 bits per heavy atom. The number of hydrogen-bond acceptors (Lipinski definition) is 2. The van der Waals surface area contributed by atoms with Gasteiger partial charge in [-0.05, 0) is 42.5 Å². The lowest BCUT2D eigenvalue weighted by molar-refractivity contribution is 0.470. The van der Waals surface area contributed by atoms with Crippen molar-refractivity contribution in [2.24, 2.45) is 5.92 Å². The number of benzene rings is 1. The maximum absolute atomic E-state index is 9.40. The van der Waals surface area contributed by atoms with Crippen molar-refractivity contribution in [1.82, 2.24) is 0 Å². The second kappa shape index (κ2) is 4.26. The molecular weight excluding hydrogens is 192 g/mol. The first kappa shape index (κ1) is 9.91. The number of aromatic hydroxyl groups is 1. The van der Waals surface area contributed by atoms with Gasteiger partial charge in [-0.3, -0.25) is 0 Å². The lowest BCUT2D eigenvalue weighted by atomic mass is 9.96. The summed E-state index contributed by atoms with van der Waals surface area (Å²) in [5, 5.41) is 9.40. The van der Waals surface area contributed by atoms with Crippen molar-refractivity contribution in [2.75, 3.05) is 5.75 Å². The van der Waals surface area contributed by atoms with Gasteiger partial charge < -0.3 is 5.11 Å². The van der Waals surface area contributed by atoms with Crippen LogP contribution < -0.4 is 0 Å². The van der Waals surface area contributed by atoms with Gasteiger partial charge in [-0.25, -0.2) is 0 Å². The molecule has 1 unspecified atom stereocenters. The molecule has 2 rings (SSSR count). The minimum atomic E-state index is 0.404. The topological polar surface area (TPSA) is 20.2 Å². The molecule has 76 valence electrons. The molecule has 1 nitrogen and oxygen atoms in total. The highest BCUT2D eigenvalue weighted by atomic mass is 32.2. The molecule has 1 atom stereocenters. The largest absolute Gasteiger partial charge is 0.508 e. The number of rotatable bonds is 2. The van der Waals surface area contributed by atoms with E-state index in [1.165, 1.54) is 29.1 Å². The molecule has 1 aromatic carbocycles. The van der Waals surface area contributed by atoms with Crippen molar-refractivity contribution in [3.63, 3.8) is 0 Å². The number of fused-ring (bicyclic) bond motifs is 1. The van der Waals surface area contributed by atoms with E-state index in [0.717, 1.165) is 12.3 Å². The average molecular weight is 208 g/mol. The fourth-order valence-corrected chi connectivity index (χ4v) is 3.23. The van der Waals surface area contributed by atoms with Crippen molar-refractivity contribution in [3.05, 3.63) is 23.8 Å². The number of thioether (sulfide) groups is 1. The van der Waals surface area contributed by atoms with Crippen LogP contribution in [-0.2, 0) is 6.42 Å². The Bertz CT molecular complexity index is 322. The van der Waals surface area contributed by atoms with E-state index in [4.69, 9.17) is 0 Å². The maximum atomic E-state index is 9.40. The Labute approximate surface area is 89.5 Å². The molecule has 0 saturated heterocycles. The van der Waals surface area contributed by atoms with Gasteiger partial charge >= 0.3 is 0 Å². The molecule has 0 aromatic heterocycles. The molecule has 1 N–H and O–H groups in total. The maximum Gasteiger partial charge on any atom is 0.115 e. The summed E-state index contributed by atoms with van der Waals surface area (Å²) < 4.78 is 0. The van der Waals surface area contributed by atoms with Gasteiger partial charge in [0.25, 0.3) is 0 Å². The quantitative estimate of drug-likeness (QED) is 0.803. The van der Waals surface area contributed by atoms with E-state index in [2.05, 4.69) is 6.92 Å². The fraction of sp³-hybridized carbons (Fsp3) is 0.500. The molecule has 2 heteroatoms. The minimum absolute atomic E-state index is 0.404. The van der Waals surface area contributed by atoms with E-state index in [1.807, 2.05) is 23.9 Å². The van der Waals surface area contributed by atoms with Crippen molar-refractivity contribution in [2.45, 2.75) is 31.1 Å². The molecule has 0 spiro atoms. The van der Waals surface area contributed by atoms with Crippen LogP contribution in [-0.4, -0.2) is 10.9 Å². The summed E-state index contributed by atoms with van der Waals surface area (Å²) in [6.07, 6.45) is 3.71. The van der Waals surface area contributed by atoms with Gasteiger partial charge in [-0.2, -0.15) is 0 Å². The first-order valence-corrected chi connectivity index (χ1v) is 6.23. The van der Waals surface area contributed by atoms with Gasteiger partial charge in [-0.1, -0.05) is 13.3 Å². The van der Waals surface area contributed by atoms with E-state index in [-0.39, 0.29) is 0 Å². The third-order valence-electron chi connectivity index (χ3n) is 2.72. The minimum Gasteiger partial charge on any atom is -0.508 e. The lowest BCUT2D eigenvalue weighted by Gasteiger charge is -2.23. The van der Waals surface area contributed by atoms with Crippen LogP contribution >= 0.6 is 11.8 Å². The van der Waals surface area contributed by atoms with Gasteiger partial charge in [0, 0.05) is 10.6 Å². The van der Waals surface area contributed by atoms with E-state index >= 15 is 0 Å². The Morgan fingerprint density at radius 3 is 3.14 bits per heavy atom. The van der Waals surface area contributed by atoms with Crippen LogP contribution in [0.5, 0.6) is 5.75 Å². The van der Waals surface area contributed by atoms with Crippen LogP contribution in [0.15, 0.2) is 23.1 Å². The zero-order chi connectivity index (χ0) is 9.97. The summed E-state index contributed by atoms with van der Waals surface area (Å²) in [5.41, 5.74) is 1.33. The zero-order valence-electron chi connectivity index (χ0n) is 8.49. The predicted octanol–water partition coefficient (Wildman–Crippen LogP) is 3.46. The van der Waals surface area contributed by atoms with Crippen LogP contribution in [0.4, 0.5) is 0 Å². The third kappa shape index (κ3) is 2.06. The van der Waals surface area contributed by atoms with Crippen molar-refractivity contribution >= 4 is 11.8 Å². The van der Waals surface area contributed by atoms with Crippen molar-refractivity contribution in [1.29, 1.82) is 0 Å².